The van der Waals surface area contributed by atoms with Crippen LogP contribution in [0.4, 0.5) is 5.82 Å². The molecule has 0 saturated heterocycles. The first kappa shape index (κ1) is 29.3. The van der Waals surface area contributed by atoms with E-state index in [9.17, 15) is 9.90 Å². The van der Waals surface area contributed by atoms with Crippen molar-refractivity contribution in [1.29, 1.82) is 0 Å². The maximum absolute atomic E-state index is 10.2. The van der Waals surface area contributed by atoms with E-state index in [-0.39, 0.29) is 11.8 Å². The van der Waals surface area contributed by atoms with Crippen LogP contribution in [-0.2, 0) is 4.79 Å². The molecule has 0 atom stereocenters. The van der Waals surface area contributed by atoms with E-state index in [1.807, 2.05) is 45.9 Å². The Morgan fingerprint density at radius 1 is 1.00 bits per heavy atom. The van der Waals surface area contributed by atoms with E-state index in [0.717, 1.165) is 12.8 Å². The van der Waals surface area contributed by atoms with Gasteiger partial charge in [-0.2, -0.15) is 0 Å². The van der Waals surface area contributed by atoms with Crippen LogP contribution in [0.3, 0.4) is 0 Å². The van der Waals surface area contributed by atoms with Crippen molar-refractivity contribution in [3.63, 3.8) is 0 Å². The molecule has 0 unspecified atom stereocenters. The van der Waals surface area contributed by atoms with Crippen LogP contribution in [0.15, 0.2) is 30.6 Å². The molecule has 2 aromatic rings. The van der Waals surface area contributed by atoms with E-state index < -0.39 is 5.97 Å². The zero-order chi connectivity index (χ0) is 24.2. The molecule has 2 aromatic heterocycles. The standard InChI is InChI=1S/C12H14N4O.C11H22O2.C2H6/c1-8(2)15-12-10(17)7-14-11(16-12)9-5-3-4-6-13-9;1-2-3-4-5-6-7-8-9-10-11(12)13;1-2/h3-8,17H,1-2H3,(H,14,15,16);2-10H2,1H3,(H,12,13);1-2H3. The van der Waals surface area contributed by atoms with E-state index >= 15 is 0 Å². The molecule has 0 spiro atoms. The Morgan fingerprint density at radius 2 is 1.62 bits per heavy atom. The third-order valence-corrected chi connectivity index (χ3v) is 4.33. The van der Waals surface area contributed by atoms with Crippen molar-refractivity contribution in [3.05, 3.63) is 30.6 Å². The van der Waals surface area contributed by atoms with Crippen LogP contribution in [0.25, 0.3) is 11.5 Å². The zero-order valence-electron chi connectivity index (χ0n) is 20.5. The number of nitrogens with one attached hydrogen (secondary N) is 1. The minimum absolute atomic E-state index is 0.0402. The van der Waals surface area contributed by atoms with Gasteiger partial charge in [0, 0.05) is 18.7 Å². The molecule has 32 heavy (non-hydrogen) atoms. The fourth-order valence-corrected chi connectivity index (χ4v) is 2.78. The zero-order valence-corrected chi connectivity index (χ0v) is 20.5. The minimum Gasteiger partial charge on any atom is -0.503 e. The highest BCUT2D eigenvalue weighted by Gasteiger charge is 2.09. The summed E-state index contributed by atoms with van der Waals surface area (Å²) in [4.78, 5) is 22.6. The van der Waals surface area contributed by atoms with Gasteiger partial charge in [-0.15, -0.1) is 0 Å². The van der Waals surface area contributed by atoms with E-state index in [1.54, 1.807) is 6.20 Å². The number of aromatic nitrogens is 3. The maximum atomic E-state index is 10.2. The smallest absolute Gasteiger partial charge is 0.303 e. The lowest BCUT2D eigenvalue weighted by molar-refractivity contribution is -0.137. The van der Waals surface area contributed by atoms with Gasteiger partial charge in [0.2, 0.25) is 0 Å². The summed E-state index contributed by atoms with van der Waals surface area (Å²) in [6.45, 7) is 10.2. The number of unbranched alkanes of at least 4 members (excludes halogenated alkanes) is 7. The molecular weight excluding hydrogens is 404 g/mol. The molecule has 0 fully saturated rings. The Labute approximate surface area is 193 Å². The molecule has 180 valence electrons. The summed E-state index contributed by atoms with van der Waals surface area (Å²) in [6.07, 6.45) is 13.1. The van der Waals surface area contributed by atoms with Crippen LogP contribution in [0.1, 0.15) is 92.4 Å². The lowest BCUT2D eigenvalue weighted by atomic mass is 10.1. The third kappa shape index (κ3) is 14.3. The van der Waals surface area contributed by atoms with Crippen molar-refractivity contribution in [2.45, 2.75) is 98.4 Å². The average Bonchev–Trinajstić information content (AvgIpc) is 2.79. The first-order valence-electron chi connectivity index (χ1n) is 11.9. The van der Waals surface area contributed by atoms with Gasteiger partial charge < -0.3 is 15.5 Å². The first-order valence-corrected chi connectivity index (χ1v) is 11.9. The molecular formula is C25H42N4O3. The van der Waals surface area contributed by atoms with Gasteiger partial charge in [0.25, 0.3) is 0 Å². The Hall–Kier alpha value is -2.70. The van der Waals surface area contributed by atoms with Crippen molar-refractivity contribution in [2.24, 2.45) is 0 Å². The largest absolute Gasteiger partial charge is 0.503 e. The number of carboxylic acids is 1. The predicted octanol–water partition coefficient (Wildman–Crippen LogP) is 6.69. The van der Waals surface area contributed by atoms with Crippen molar-refractivity contribution in [1.82, 2.24) is 15.0 Å². The number of carboxylic acid groups (broad SMARTS) is 1. The average molecular weight is 447 g/mol. The Balaban J connectivity index is 0.000000578. The number of hydrogen-bond donors (Lipinski definition) is 3. The van der Waals surface area contributed by atoms with E-state index in [2.05, 4.69) is 27.2 Å². The third-order valence-electron chi connectivity index (χ3n) is 4.33. The van der Waals surface area contributed by atoms with Gasteiger partial charge in [-0.1, -0.05) is 71.8 Å². The molecule has 7 heteroatoms. The molecule has 0 amide bonds. The summed E-state index contributed by atoms with van der Waals surface area (Å²) in [6, 6.07) is 5.71. The van der Waals surface area contributed by atoms with Gasteiger partial charge in [0.15, 0.2) is 17.4 Å². The summed E-state index contributed by atoms with van der Waals surface area (Å²) < 4.78 is 0. The number of aliphatic carboxylic acids is 1. The fraction of sp³-hybridized carbons (Fsp3) is 0.600. The molecule has 0 bridgehead atoms. The SMILES string of the molecule is CC.CC(C)Nc1nc(-c2ccccn2)ncc1O.CCCCCCCCCCC(=O)O. The van der Waals surface area contributed by atoms with Crippen molar-refractivity contribution in [3.8, 4) is 17.3 Å². The Morgan fingerprint density at radius 3 is 2.16 bits per heavy atom. The van der Waals surface area contributed by atoms with Crippen LogP contribution < -0.4 is 5.32 Å². The van der Waals surface area contributed by atoms with Crippen LogP contribution in [-0.4, -0.2) is 37.2 Å². The lowest BCUT2D eigenvalue weighted by Crippen LogP contribution is -2.11. The first-order chi connectivity index (χ1) is 15.4. The second kappa shape index (κ2) is 19.0. The van der Waals surface area contributed by atoms with Crippen molar-refractivity contribution in [2.75, 3.05) is 5.32 Å². The van der Waals surface area contributed by atoms with E-state index in [1.165, 1.54) is 44.7 Å². The summed E-state index contributed by atoms with van der Waals surface area (Å²) >= 11 is 0. The molecule has 0 aliphatic heterocycles. The minimum atomic E-state index is -0.661. The molecule has 0 radical (unpaired) electrons. The van der Waals surface area contributed by atoms with Gasteiger partial charge in [0.1, 0.15) is 5.69 Å². The van der Waals surface area contributed by atoms with Gasteiger partial charge in [0.05, 0.1) is 6.20 Å². The fourth-order valence-electron chi connectivity index (χ4n) is 2.78. The van der Waals surface area contributed by atoms with E-state index in [4.69, 9.17) is 5.11 Å². The Kier molecular flexibility index (Phi) is 17.4. The molecule has 0 aliphatic carbocycles. The quantitative estimate of drug-likeness (QED) is 0.311. The lowest BCUT2D eigenvalue weighted by Gasteiger charge is -2.11. The highest BCUT2D eigenvalue weighted by molar-refractivity contribution is 5.66. The number of rotatable bonds is 12. The maximum Gasteiger partial charge on any atom is 0.303 e. The van der Waals surface area contributed by atoms with Crippen molar-refractivity contribution >= 4 is 11.8 Å². The summed E-state index contributed by atoms with van der Waals surface area (Å²) in [5, 5.41) is 21.1. The van der Waals surface area contributed by atoms with Crippen LogP contribution in [0.2, 0.25) is 0 Å². The molecule has 2 heterocycles. The summed E-state index contributed by atoms with van der Waals surface area (Å²) in [5.74, 6) is 0.298. The topological polar surface area (TPSA) is 108 Å². The van der Waals surface area contributed by atoms with Crippen molar-refractivity contribution < 1.29 is 15.0 Å². The van der Waals surface area contributed by atoms with Gasteiger partial charge >= 0.3 is 5.97 Å². The van der Waals surface area contributed by atoms with Gasteiger partial charge in [-0.25, -0.2) is 9.97 Å². The predicted molar refractivity (Wildman–Crippen MR) is 132 cm³/mol. The highest BCUT2D eigenvalue weighted by Crippen LogP contribution is 2.22. The van der Waals surface area contributed by atoms with Crippen LogP contribution >= 0.6 is 0 Å². The van der Waals surface area contributed by atoms with Gasteiger partial charge in [-0.3, -0.25) is 9.78 Å². The summed E-state index contributed by atoms with van der Waals surface area (Å²) in [7, 11) is 0. The second-order valence-electron chi connectivity index (χ2n) is 7.56. The van der Waals surface area contributed by atoms with Crippen LogP contribution in [0.5, 0.6) is 5.75 Å². The monoisotopic (exact) mass is 446 g/mol. The normalized spacial score (nSPS) is 9.94. The highest BCUT2D eigenvalue weighted by atomic mass is 16.4. The number of anilines is 1. The molecule has 7 nitrogen and oxygen atoms in total. The van der Waals surface area contributed by atoms with Crippen LogP contribution in [0, 0.1) is 0 Å². The summed E-state index contributed by atoms with van der Waals surface area (Å²) in [5.41, 5.74) is 0.680. The number of nitrogens with zero attached hydrogens (tertiary/aromatic N) is 3. The molecule has 0 saturated carbocycles. The number of carbonyl (C=O) groups is 1. The number of hydrogen-bond acceptors (Lipinski definition) is 6. The molecule has 3 N–H and O–H groups in total. The second-order valence-corrected chi connectivity index (χ2v) is 7.56. The Bertz CT molecular complexity index is 724. The number of aromatic hydroxyl groups is 1. The van der Waals surface area contributed by atoms with E-state index in [0.29, 0.717) is 23.8 Å². The molecule has 0 aromatic carbocycles. The molecule has 2 rings (SSSR count). The van der Waals surface area contributed by atoms with Gasteiger partial charge in [-0.05, 0) is 32.4 Å². The molecule has 0 aliphatic rings. The number of pyridine rings is 1.